The normalized spacial score (nSPS) is 23.8. The Bertz CT molecular complexity index is 441. The Morgan fingerprint density at radius 1 is 1.05 bits per heavy atom. The van der Waals surface area contributed by atoms with Crippen molar-refractivity contribution in [2.75, 3.05) is 13.6 Å². The summed E-state index contributed by atoms with van der Waals surface area (Å²) in [5, 5.41) is 0. The molecule has 116 valence electrons. The highest BCUT2D eigenvalue weighted by molar-refractivity contribution is 5.11. The van der Waals surface area contributed by atoms with Crippen molar-refractivity contribution in [2.45, 2.75) is 63.5 Å². The van der Waals surface area contributed by atoms with Crippen molar-refractivity contribution in [3.8, 4) is 0 Å². The van der Waals surface area contributed by atoms with E-state index in [-0.39, 0.29) is 5.54 Å². The zero-order valence-electron chi connectivity index (χ0n) is 13.4. The van der Waals surface area contributed by atoms with Crippen LogP contribution in [0.15, 0.2) is 24.5 Å². The van der Waals surface area contributed by atoms with Gasteiger partial charge in [0.15, 0.2) is 0 Å². The third kappa shape index (κ3) is 3.00. The monoisotopic (exact) mass is 287 g/mol. The first-order valence-electron chi connectivity index (χ1n) is 8.48. The van der Waals surface area contributed by atoms with E-state index in [4.69, 9.17) is 5.73 Å². The molecule has 3 rings (SSSR count). The van der Waals surface area contributed by atoms with Gasteiger partial charge in [0, 0.05) is 31.0 Å². The first-order valence-corrected chi connectivity index (χ1v) is 8.48. The quantitative estimate of drug-likeness (QED) is 0.923. The molecule has 0 radical (unpaired) electrons. The molecule has 2 fully saturated rings. The van der Waals surface area contributed by atoms with Crippen LogP contribution in [-0.4, -0.2) is 29.0 Å². The lowest BCUT2D eigenvalue weighted by molar-refractivity contribution is 0.0258. The predicted octanol–water partition coefficient (Wildman–Crippen LogP) is 3.35. The van der Waals surface area contributed by atoms with Crippen molar-refractivity contribution in [1.29, 1.82) is 0 Å². The molecule has 0 saturated heterocycles. The van der Waals surface area contributed by atoms with Crippen LogP contribution in [0.25, 0.3) is 0 Å². The zero-order valence-corrected chi connectivity index (χ0v) is 13.4. The standard InChI is InChI=1S/C18H29N3/c1-21(14-16-4-12-20-13-5-16)18(15-19)10-8-17(9-11-18)6-2-3-7-17/h4-5,12-13H,2-3,6-11,14-15,19H2,1H3. The van der Waals surface area contributed by atoms with Crippen LogP contribution < -0.4 is 5.73 Å². The fraction of sp³-hybridized carbons (Fsp3) is 0.722. The van der Waals surface area contributed by atoms with Gasteiger partial charge in [0.05, 0.1) is 0 Å². The third-order valence-electron chi connectivity index (χ3n) is 6.26. The van der Waals surface area contributed by atoms with Crippen LogP contribution in [0.1, 0.15) is 56.9 Å². The summed E-state index contributed by atoms with van der Waals surface area (Å²) in [5.41, 5.74) is 8.44. The summed E-state index contributed by atoms with van der Waals surface area (Å²) in [6.07, 6.45) is 14.9. The van der Waals surface area contributed by atoms with Crippen LogP contribution in [0.5, 0.6) is 0 Å². The highest BCUT2D eigenvalue weighted by Gasteiger charge is 2.44. The van der Waals surface area contributed by atoms with Gasteiger partial charge in [-0.05, 0) is 68.7 Å². The van der Waals surface area contributed by atoms with Gasteiger partial charge < -0.3 is 5.73 Å². The van der Waals surface area contributed by atoms with Crippen molar-refractivity contribution < 1.29 is 0 Å². The van der Waals surface area contributed by atoms with Crippen LogP contribution in [0.3, 0.4) is 0 Å². The summed E-state index contributed by atoms with van der Waals surface area (Å²) in [5.74, 6) is 0. The average Bonchev–Trinajstić information content (AvgIpc) is 2.98. The number of rotatable bonds is 4. The minimum absolute atomic E-state index is 0.205. The maximum absolute atomic E-state index is 6.23. The summed E-state index contributed by atoms with van der Waals surface area (Å²) in [6, 6.07) is 4.23. The van der Waals surface area contributed by atoms with Crippen LogP contribution in [0.2, 0.25) is 0 Å². The molecule has 2 N–H and O–H groups in total. The lowest BCUT2D eigenvalue weighted by Crippen LogP contribution is -2.54. The molecule has 0 amide bonds. The molecule has 0 unspecified atom stereocenters. The lowest BCUT2D eigenvalue weighted by Gasteiger charge is -2.49. The van der Waals surface area contributed by atoms with Crippen molar-refractivity contribution >= 4 is 0 Å². The predicted molar refractivity (Wildman–Crippen MR) is 86.9 cm³/mol. The number of nitrogens with two attached hydrogens (primary N) is 1. The largest absolute Gasteiger partial charge is 0.329 e. The average molecular weight is 287 g/mol. The van der Waals surface area contributed by atoms with Crippen molar-refractivity contribution in [2.24, 2.45) is 11.1 Å². The van der Waals surface area contributed by atoms with Gasteiger partial charge in [-0.25, -0.2) is 0 Å². The van der Waals surface area contributed by atoms with E-state index in [2.05, 4.69) is 29.1 Å². The van der Waals surface area contributed by atoms with Crippen LogP contribution in [0.4, 0.5) is 0 Å². The summed E-state index contributed by atoms with van der Waals surface area (Å²) < 4.78 is 0. The third-order valence-corrected chi connectivity index (χ3v) is 6.26. The van der Waals surface area contributed by atoms with E-state index in [0.717, 1.165) is 13.1 Å². The first-order chi connectivity index (χ1) is 10.2. The molecule has 3 nitrogen and oxygen atoms in total. The van der Waals surface area contributed by atoms with Gasteiger partial charge in [0.2, 0.25) is 0 Å². The minimum Gasteiger partial charge on any atom is -0.329 e. The molecule has 3 heteroatoms. The summed E-state index contributed by atoms with van der Waals surface area (Å²) in [7, 11) is 2.25. The maximum atomic E-state index is 6.23. The van der Waals surface area contributed by atoms with E-state index in [1.54, 1.807) is 0 Å². The Morgan fingerprint density at radius 2 is 1.67 bits per heavy atom. The van der Waals surface area contributed by atoms with Gasteiger partial charge in [-0.2, -0.15) is 0 Å². The molecule has 2 aliphatic rings. The molecule has 0 aliphatic heterocycles. The van der Waals surface area contributed by atoms with Crippen LogP contribution in [-0.2, 0) is 6.54 Å². The molecule has 0 atom stereocenters. The van der Waals surface area contributed by atoms with Gasteiger partial charge in [-0.1, -0.05) is 12.8 Å². The maximum Gasteiger partial charge on any atom is 0.0332 e. The minimum atomic E-state index is 0.205. The van der Waals surface area contributed by atoms with Crippen LogP contribution in [0, 0.1) is 5.41 Å². The first kappa shape index (κ1) is 15.0. The van der Waals surface area contributed by atoms with Gasteiger partial charge in [0.1, 0.15) is 0 Å². The number of aromatic nitrogens is 1. The Labute approximate surface area is 128 Å². The smallest absolute Gasteiger partial charge is 0.0332 e. The molecule has 2 saturated carbocycles. The number of pyridine rings is 1. The summed E-state index contributed by atoms with van der Waals surface area (Å²) >= 11 is 0. The van der Waals surface area contributed by atoms with Crippen molar-refractivity contribution in [3.63, 3.8) is 0 Å². The van der Waals surface area contributed by atoms with E-state index < -0.39 is 0 Å². The van der Waals surface area contributed by atoms with E-state index in [1.165, 1.54) is 56.9 Å². The Morgan fingerprint density at radius 3 is 2.24 bits per heavy atom. The summed E-state index contributed by atoms with van der Waals surface area (Å²) in [6.45, 7) is 1.76. The van der Waals surface area contributed by atoms with Crippen LogP contribution >= 0.6 is 0 Å². The Kier molecular flexibility index (Phi) is 4.32. The molecular weight excluding hydrogens is 258 g/mol. The van der Waals surface area contributed by atoms with E-state index in [0.29, 0.717) is 5.41 Å². The summed E-state index contributed by atoms with van der Waals surface area (Å²) in [4.78, 5) is 6.61. The van der Waals surface area contributed by atoms with E-state index >= 15 is 0 Å². The SMILES string of the molecule is CN(Cc1ccncc1)C1(CN)CCC2(CCCC2)CC1. The van der Waals surface area contributed by atoms with Crippen molar-refractivity contribution in [3.05, 3.63) is 30.1 Å². The highest BCUT2D eigenvalue weighted by Crippen LogP contribution is 2.52. The number of hydrogen-bond acceptors (Lipinski definition) is 3. The fourth-order valence-electron chi connectivity index (χ4n) is 4.54. The van der Waals surface area contributed by atoms with Crippen molar-refractivity contribution in [1.82, 2.24) is 9.88 Å². The second-order valence-electron chi connectivity index (χ2n) is 7.35. The zero-order chi connectivity index (χ0) is 14.8. The molecule has 0 aromatic carbocycles. The number of likely N-dealkylation sites (N-methyl/N-ethyl adjacent to an activating group) is 1. The molecule has 1 aromatic heterocycles. The molecular formula is C18H29N3. The molecule has 1 heterocycles. The Hall–Kier alpha value is -0.930. The van der Waals surface area contributed by atoms with Gasteiger partial charge >= 0.3 is 0 Å². The van der Waals surface area contributed by atoms with Gasteiger partial charge in [-0.15, -0.1) is 0 Å². The topological polar surface area (TPSA) is 42.2 Å². The second-order valence-corrected chi connectivity index (χ2v) is 7.35. The van der Waals surface area contributed by atoms with Gasteiger partial charge in [-0.3, -0.25) is 9.88 Å². The molecule has 1 spiro atoms. The molecule has 0 bridgehead atoms. The van der Waals surface area contributed by atoms with Gasteiger partial charge in [0.25, 0.3) is 0 Å². The second kappa shape index (κ2) is 6.05. The lowest BCUT2D eigenvalue weighted by atomic mass is 9.66. The number of nitrogens with zero attached hydrogens (tertiary/aromatic N) is 2. The fourth-order valence-corrected chi connectivity index (χ4v) is 4.54. The van der Waals surface area contributed by atoms with E-state index in [1.807, 2.05) is 12.4 Å². The number of hydrogen-bond donors (Lipinski definition) is 1. The molecule has 2 aliphatic carbocycles. The highest BCUT2D eigenvalue weighted by atomic mass is 15.2. The Balaban J connectivity index is 1.66. The molecule has 1 aromatic rings. The molecule has 21 heavy (non-hydrogen) atoms. The van der Waals surface area contributed by atoms with E-state index in [9.17, 15) is 0 Å².